The first-order valence-corrected chi connectivity index (χ1v) is 8.60. The average molecular weight is 404 g/mol. The monoisotopic (exact) mass is 404 g/mol. The molecule has 12 heteroatoms. The number of hydrogen-bond acceptors (Lipinski definition) is 12. The van der Waals surface area contributed by atoms with Crippen LogP contribution >= 0.6 is 37.9 Å². The van der Waals surface area contributed by atoms with Crippen molar-refractivity contribution in [2.45, 2.75) is 37.6 Å². The third kappa shape index (κ3) is 6.33. The molecular weight excluding hydrogens is 384 g/mol. The van der Waals surface area contributed by atoms with E-state index in [0.717, 1.165) is 0 Å². The van der Waals surface area contributed by atoms with Crippen molar-refractivity contribution in [1.82, 2.24) is 0 Å². The predicted molar refractivity (Wildman–Crippen MR) is 90.6 cm³/mol. The largest absolute Gasteiger partial charge is 0.453 e. The van der Waals surface area contributed by atoms with E-state index in [9.17, 15) is 29.7 Å². The maximum atomic E-state index is 11.6. The number of carbonyl (C=O) groups excluding carboxylic acids is 3. The van der Waals surface area contributed by atoms with E-state index >= 15 is 0 Å². The summed E-state index contributed by atoms with van der Waals surface area (Å²) < 4.78 is 14.4. The molecule has 0 saturated carbocycles. The molecule has 1 atom stereocenters. The minimum Gasteiger partial charge on any atom is -0.453 e. The molecule has 9 nitrogen and oxygen atoms in total. The Balaban J connectivity index is 6.08. The van der Waals surface area contributed by atoms with Crippen LogP contribution in [-0.2, 0) is 28.6 Å². The van der Waals surface area contributed by atoms with Crippen molar-refractivity contribution >= 4 is 55.8 Å². The summed E-state index contributed by atoms with van der Waals surface area (Å²) in [6, 6.07) is 0. The highest BCUT2D eigenvalue weighted by molar-refractivity contribution is 7.81. The molecule has 0 heterocycles. The van der Waals surface area contributed by atoms with E-state index in [-0.39, 0.29) is 12.8 Å². The number of ether oxygens (including phenoxy) is 3. The van der Waals surface area contributed by atoms with E-state index in [1.165, 1.54) is 0 Å². The number of aliphatic hydroxyl groups is 3. The summed E-state index contributed by atoms with van der Waals surface area (Å²) in [4.78, 5) is 34.7. The highest BCUT2D eigenvalue weighted by atomic mass is 32.1. The Morgan fingerprint density at radius 2 is 1.33 bits per heavy atom. The zero-order valence-corrected chi connectivity index (χ0v) is 15.4. The quantitative estimate of drug-likeness (QED) is 0.152. The number of rotatable bonds is 10. The van der Waals surface area contributed by atoms with Gasteiger partial charge in [0.25, 0.3) is 0 Å². The first kappa shape index (κ1) is 23.3. The van der Waals surface area contributed by atoms with Crippen molar-refractivity contribution < 1.29 is 43.9 Å². The van der Waals surface area contributed by atoms with Crippen molar-refractivity contribution in [1.29, 1.82) is 0 Å². The molecule has 3 N–H and O–H groups in total. The van der Waals surface area contributed by atoms with Crippen LogP contribution in [0, 0.1) is 0 Å². The topological polar surface area (TPSA) is 140 Å². The maximum Gasteiger partial charge on any atom is 0.376 e. The molecule has 0 spiro atoms. The van der Waals surface area contributed by atoms with Gasteiger partial charge < -0.3 is 29.5 Å². The molecule has 0 fully saturated rings. The van der Waals surface area contributed by atoms with Crippen LogP contribution in [0.25, 0.3) is 0 Å². The lowest BCUT2D eigenvalue weighted by molar-refractivity contribution is -0.461. The summed E-state index contributed by atoms with van der Waals surface area (Å²) in [7, 11) is 0. The van der Waals surface area contributed by atoms with Crippen molar-refractivity contribution in [3.63, 3.8) is 0 Å². The number of thiol groups is 3. The van der Waals surface area contributed by atoms with Gasteiger partial charge in [0.2, 0.25) is 0 Å². The van der Waals surface area contributed by atoms with Crippen molar-refractivity contribution in [3.05, 3.63) is 0 Å². The molecule has 0 saturated heterocycles. The summed E-state index contributed by atoms with van der Waals surface area (Å²) in [6.45, 7) is 1.63. The van der Waals surface area contributed by atoms with Crippen LogP contribution in [0.2, 0.25) is 0 Å². The Hall–Kier alpha value is -0.660. The summed E-state index contributed by atoms with van der Waals surface area (Å²) in [6.07, 6.45) is -1.60. The van der Waals surface area contributed by atoms with Gasteiger partial charge in [-0.25, -0.2) is 0 Å². The van der Waals surface area contributed by atoms with Crippen LogP contribution in [0.1, 0.15) is 19.8 Å². The summed E-state index contributed by atoms with van der Waals surface area (Å²) in [5.41, 5.74) is 0. The Kier molecular flexibility index (Phi) is 10.1. The normalized spacial score (nSPS) is 13.1. The first-order valence-electron chi connectivity index (χ1n) is 6.70. The standard InChI is InChI=1S/C12H20O9S3/c1-2-3-7(19-8(13)4-22)11(12(16,17)18,20-9(14)5-23)21-10(15)6-24/h7,16-18,22-24H,2-6H2,1H3. The van der Waals surface area contributed by atoms with Crippen LogP contribution < -0.4 is 0 Å². The molecule has 0 aromatic rings. The van der Waals surface area contributed by atoms with E-state index in [1.54, 1.807) is 6.92 Å². The summed E-state index contributed by atoms with van der Waals surface area (Å²) in [5, 5.41) is 29.1. The molecular formula is C12H20O9S3. The summed E-state index contributed by atoms with van der Waals surface area (Å²) in [5.74, 6) is -11.8. The van der Waals surface area contributed by atoms with E-state index < -0.39 is 53.0 Å². The number of hydrogen-bond donors (Lipinski definition) is 6. The Morgan fingerprint density at radius 3 is 1.62 bits per heavy atom. The lowest BCUT2D eigenvalue weighted by Crippen LogP contribution is -2.67. The third-order valence-electron chi connectivity index (χ3n) is 2.63. The lowest BCUT2D eigenvalue weighted by atomic mass is 10.0. The van der Waals surface area contributed by atoms with E-state index in [2.05, 4.69) is 37.9 Å². The van der Waals surface area contributed by atoms with Gasteiger partial charge in [-0.3, -0.25) is 14.4 Å². The molecule has 0 aliphatic carbocycles. The molecule has 24 heavy (non-hydrogen) atoms. The minimum atomic E-state index is -3.87. The number of carbonyl (C=O) groups is 3. The highest BCUT2D eigenvalue weighted by Gasteiger charge is 2.64. The van der Waals surface area contributed by atoms with Crippen molar-refractivity contribution in [3.8, 4) is 0 Å². The second kappa shape index (κ2) is 10.4. The molecule has 140 valence electrons. The SMILES string of the molecule is CCCC(OC(=O)CS)C(OC(=O)CS)(OC(=O)CS)C(O)(O)O. The van der Waals surface area contributed by atoms with Gasteiger partial charge in [0.1, 0.15) is 0 Å². The van der Waals surface area contributed by atoms with Gasteiger partial charge in [-0.15, -0.1) is 0 Å². The molecule has 0 aliphatic rings. The average Bonchev–Trinajstić information content (AvgIpc) is 2.51. The van der Waals surface area contributed by atoms with Crippen LogP contribution in [0.5, 0.6) is 0 Å². The number of esters is 3. The van der Waals surface area contributed by atoms with Gasteiger partial charge in [-0.05, 0) is 6.42 Å². The van der Waals surface area contributed by atoms with Gasteiger partial charge in [0.15, 0.2) is 6.10 Å². The van der Waals surface area contributed by atoms with Crippen LogP contribution in [0.3, 0.4) is 0 Å². The molecule has 0 aromatic heterocycles. The third-order valence-corrected chi connectivity index (χ3v) is 3.41. The molecule has 0 aliphatic heterocycles. The second-order valence-corrected chi connectivity index (χ2v) is 5.44. The fraction of sp³-hybridized carbons (Fsp3) is 0.750. The molecule has 0 radical (unpaired) electrons. The predicted octanol–water partition coefficient (Wildman–Crippen LogP) is -1.10. The first-order chi connectivity index (χ1) is 11.1. The van der Waals surface area contributed by atoms with Gasteiger partial charge in [-0.1, -0.05) is 13.3 Å². The Bertz CT molecular complexity index is 432. The van der Waals surface area contributed by atoms with Gasteiger partial charge in [0.05, 0.1) is 17.3 Å². The van der Waals surface area contributed by atoms with E-state index in [4.69, 9.17) is 14.2 Å². The second-order valence-electron chi connectivity index (χ2n) is 4.49. The Morgan fingerprint density at radius 1 is 0.917 bits per heavy atom. The summed E-state index contributed by atoms with van der Waals surface area (Å²) >= 11 is 11.0. The molecule has 0 aromatic carbocycles. The molecule has 0 rings (SSSR count). The van der Waals surface area contributed by atoms with Crippen LogP contribution in [-0.4, -0.2) is 68.4 Å². The fourth-order valence-corrected chi connectivity index (χ4v) is 1.90. The van der Waals surface area contributed by atoms with E-state index in [1.807, 2.05) is 0 Å². The van der Waals surface area contributed by atoms with Crippen LogP contribution in [0.4, 0.5) is 0 Å². The smallest absolute Gasteiger partial charge is 0.376 e. The zero-order valence-electron chi connectivity index (χ0n) is 12.7. The fourth-order valence-electron chi connectivity index (χ4n) is 1.69. The van der Waals surface area contributed by atoms with Crippen LogP contribution in [0.15, 0.2) is 0 Å². The minimum absolute atomic E-state index is 0.150. The van der Waals surface area contributed by atoms with Gasteiger partial charge in [0, 0.05) is 0 Å². The van der Waals surface area contributed by atoms with Crippen molar-refractivity contribution in [2.75, 3.05) is 17.3 Å². The van der Waals surface area contributed by atoms with Crippen molar-refractivity contribution in [2.24, 2.45) is 0 Å². The Labute approximate surface area is 154 Å². The van der Waals surface area contributed by atoms with Gasteiger partial charge in [-0.2, -0.15) is 37.9 Å². The molecule has 1 unspecified atom stereocenters. The maximum absolute atomic E-state index is 11.6. The lowest BCUT2D eigenvalue weighted by Gasteiger charge is -2.41. The molecule has 0 amide bonds. The zero-order chi connectivity index (χ0) is 19.0. The highest BCUT2D eigenvalue weighted by Crippen LogP contribution is 2.34. The van der Waals surface area contributed by atoms with E-state index in [0.29, 0.717) is 0 Å². The van der Waals surface area contributed by atoms with Gasteiger partial charge >= 0.3 is 29.7 Å². The molecule has 0 bridgehead atoms.